The third kappa shape index (κ3) is 4.68. The molecule has 0 radical (unpaired) electrons. The number of carboxylic acids is 1. The molecule has 0 aliphatic heterocycles. The van der Waals surface area contributed by atoms with Crippen LogP contribution in [0, 0.1) is 0 Å². The highest BCUT2D eigenvalue weighted by molar-refractivity contribution is 5.72. The molecule has 5 nitrogen and oxygen atoms in total. The molecule has 0 aromatic rings. The van der Waals surface area contributed by atoms with Gasteiger partial charge in [-0.15, -0.1) is 0 Å². The fourth-order valence-electron chi connectivity index (χ4n) is 0.687. The van der Waals surface area contributed by atoms with E-state index in [1.165, 1.54) is 0 Å². The third-order valence-electron chi connectivity index (χ3n) is 1.28. The van der Waals surface area contributed by atoms with Crippen molar-refractivity contribution in [3.63, 3.8) is 0 Å². The quantitative estimate of drug-likeness (QED) is 0.565. The second-order valence-electron chi connectivity index (χ2n) is 2.28. The smallest absolute Gasteiger partial charge is 0.332 e. The van der Waals surface area contributed by atoms with Crippen LogP contribution in [0.3, 0.4) is 0 Å². The van der Waals surface area contributed by atoms with Gasteiger partial charge in [-0.3, -0.25) is 4.79 Å². The lowest BCUT2D eigenvalue weighted by molar-refractivity contribution is -0.155. The zero-order valence-electron chi connectivity index (χ0n) is 6.82. The lowest BCUT2D eigenvalue weighted by atomic mass is 10.2. The Morgan fingerprint density at radius 3 is 2.42 bits per heavy atom. The normalized spacial score (nSPS) is 12.2. The lowest BCUT2D eigenvalue weighted by Crippen LogP contribution is -2.22. The molecule has 0 aromatic carbocycles. The van der Waals surface area contributed by atoms with Gasteiger partial charge in [0, 0.05) is 0 Å². The minimum absolute atomic E-state index is 0.220. The molecule has 0 amide bonds. The van der Waals surface area contributed by atoms with Gasteiger partial charge in [0.15, 0.2) is 0 Å². The molecule has 0 saturated carbocycles. The largest absolute Gasteiger partial charge is 0.481 e. The molecule has 1 unspecified atom stereocenters. The standard InChI is InChI=1S/C7H12O5/c1-2-5(3-6(9)10)12-7(11)4-8/h5,8H,2-4H2,1H3,(H,9,10). The Kier molecular flexibility index (Phi) is 5.03. The second-order valence-corrected chi connectivity index (χ2v) is 2.28. The van der Waals surface area contributed by atoms with Gasteiger partial charge in [-0.25, -0.2) is 4.79 Å². The van der Waals surface area contributed by atoms with Crippen LogP contribution in [0.5, 0.6) is 0 Å². The Morgan fingerprint density at radius 2 is 2.08 bits per heavy atom. The van der Waals surface area contributed by atoms with Crippen LogP contribution in [0.25, 0.3) is 0 Å². The van der Waals surface area contributed by atoms with Crippen molar-refractivity contribution in [1.82, 2.24) is 0 Å². The van der Waals surface area contributed by atoms with Crippen molar-refractivity contribution in [2.45, 2.75) is 25.9 Å². The van der Waals surface area contributed by atoms with E-state index in [0.29, 0.717) is 6.42 Å². The predicted molar refractivity (Wildman–Crippen MR) is 39.5 cm³/mol. The molecule has 0 spiro atoms. The van der Waals surface area contributed by atoms with Crippen LogP contribution in [0.1, 0.15) is 19.8 Å². The molecule has 1 atom stereocenters. The van der Waals surface area contributed by atoms with E-state index in [1.807, 2.05) is 0 Å². The number of hydrogen-bond donors (Lipinski definition) is 2. The molecule has 0 saturated heterocycles. The van der Waals surface area contributed by atoms with E-state index in [2.05, 4.69) is 4.74 Å². The highest BCUT2D eigenvalue weighted by Gasteiger charge is 2.14. The molecule has 70 valence electrons. The number of ether oxygens (including phenoxy) is 1. The molecule has 0 fully saturated rings. The number of carbonyl (C=O) groups excluding carboxylic acids is 1. The number of esters is 1. The van der Waals surface area contributed by atoms with E-state index < -0.39 is 24.6 Å². The van der Waals surface area contributed by atoms with Gasteiger partial charge in [-0.05, 0) is 6.42 Å². The molecule has 0 aliphatic rings. The van der Waals surface area contributed by atoms with Crippen molar-refractivity contribution in [2.75, 3.05) is 6.61 Å². The van der Waals surface area contributed by atoms with Crippen molar-refractivity contribution >= 4 is 11.9 Å². The van der Waals surface area contributed by atoms with Crippen LogP contribution in [0.4, 0.5) is 0 Å². The van der Waals surface area contributed by atoms with E-state index in [0.717, 1.165) is 0 Å². The highest BCUT2D eigenvalue weighted by atomic mass is 16.6. The average molecular weight is 176 g/mol. The Bertz CT molecular complexity index is 165. The summed E-state index contributed by atoms with van der Waals surface area (Å²) in [5.41, 5.74) is 0. The topological polar surface area (TPSA) is 83.8 Å². The summed E-state index contributed by atoms with van der Waals surface area (Å²) >= 11 is 0. The molecule has 12 heavy (non-hydrogen) atoms. The van der Waals surface area contributed by atoms with Crippen LogP contribution >= 0.6 is 0 Å². The van der Waals surface area contributed by atoms with Gasteiger partial charge in [0.2, 0.25) is 0 Å². The lowest BCUT2D eigenvalue weighted by Gasteiger charge is -2.12. The molecular weight excluding hydrogens is 164 g/mol. The first-order valence-corrected chi connectivity index (χ1v) is 3.62. The predicted octanol–water partition coefficient (Wildman–Crippen LogP) is -0.225. The summed E-state index contributed by atoms with van der Waals surface area (Å²) in [5, 5.41) is 16.6. The van der Waals surface area contributed by atoms with Crippen molar-refractivity contribution in [3.05, 3.63) is 0 Å². The number of aliphatic carboxylic acids is 1. The van der Waals surface area contributed by atoms with Crippen molar-refractivity contribution in [2.24, 2.45) is 0 Å². The van der Waals surface area contributed by atoms with E-state index in [4.69, 9.17) is 10.2 Å². The van der Waals surface area contributed by atoms with Crippen LogP contribution in [0.2, 0.25) is 0 Å². The van der Waals surface area contributed by atoms with Gasteiger partial charge in [0.1, 0.15) is 12.7 Å². The van der Waals surface area contributed by atoms with Gasteiger partial charge in [0.05, 0.1) is 6.42 Å². The molecule has 0 aromatic heterocycles. The Morgan fingerprint density at radius 1 is 1.50 bits per heavy atom. The molecule has 0 bridgehead atoms. The van der Waals surface area contributed by atoms with Gasteiger partial charge in [-0.2, -0.15) is 0 Å². The van der Waals surface area contributed by atoms with Crippen LogP contribution in [0.15, 0.2) is 0 Å². The monoisotopic (exact) mass is 176 g/mol. The molecule has 0 aliphatic carbocycles. The Labute approximate surface area is 70.0 Å². The average Bonchev–Trinajstić information content (AvgIpc) is 2.02. The number of aliphatic hydroxyl groups is 1. The molecule has 2 N–H and O–H groups in total. The fourth-order valence-corrected chi connectivity index (χ4v) is 0.687. The summed E-state index contributed by atoms with van der Waals surface area (Å²) in [7, 11) is 0. The third-order valence-corrected chi connectivity index (χ3v) is 1.28. The van der Waals surface area contributed by atoms with E-state index >= 15 is 0 Å². The zero-order chi connectivity index (χ0) is 9.56. The van der Waals surface area contributed by atoms with Crippen molar-refractivity contribution in [3.8, 4) is 0 Å². The number of hydrogen-bond acceptors (Lipinski definition) is 4. The minimum Gasteiger partial charge on any atom is -0.481 e. The fraction of sp³-hybridized carbons (Fsp3) is 0.714. The number of carbonyl (C=O) groups is 2. The van der Waals surface area contributed by atoms with E-state index in [-0.39, 0.29) is 6.42 Å². The van der Waals surface area contributed by atoms with Crippen molar-refractivity contribution < 1.29 is 24.5 Å². The maximum absolute atomic E-state index is 10.5. The summed E-state index contributed by atoms with van der Waals surface area (Å²) in [5.74, 6) is -1.81. The Balaban J connectivity index is 3.82. The van der Waals surface area contributed by atoms with E-state index in [9.17, 15) is 9.59 Å². The van der Waals surface area contributed by atoms with Gasteiger partial charge >= 0.3 is 11.9 Å². The maximum atomic E-state index is 10.5. The number of rotatable bonds is 5. The highest BCUT2D eigenvalue weighted by Crippen LogP contribution is 2.03. The SMILES string of the molecule is CCC(CC(=O)O)OC(=O)CO. The maximum Gasteiger partial charge on any atom is 0.332 e. The Hall–Kier alpha value is -1.10. The second kappa shape index (κ2) is 5.54. The van der Waals surface area contributed by atoms with Crippen LogP contribution in [-0.2, 0) is 14.3 Å². The van der Waals surface area contributed by atoms with Gasteiger partial charge < -0.3 is 14.9 Å². The first-order valence-electron chi connectivity index (χ1n) is 3.62. The first-order chi connectivity index (χ1) is 5.60. The summed E-state index contributed by atoms with van der Waals surface area (Å²) in [6, 6.07) is 0. The molecular formula is C7H12O5. The number of aliphatic hydroxyl groups excluding tert-OH is 1. The van der Waals surface area contributed by atoms with Crippen LogP contribution in [-0.4, -0.2) is 34.9 Å². The van der Waals surface area contributed by atoms with E-state index in [1.54, 1.807) is 6.92 Å². The summed E-state index contributed by atoms with van der Waals surface area (Å²) < 4.78 is 4.59. The van der Waals surface area contributed by atoms with Gasteiger partial charge in [0.25, 0.3) is 0 Å². The minimum atomic E-state index is -1.02. The zero-order valence-corrected chi connectivity index (χ0v) is 6.82. The van der Waals surface area contributed by atoms with Gasteiger partial charge in [-0.1, -0.05) is 6.92 Å². The molecule has 5 heteroatoms. The van der Waals surface area contributed by atoms with Crippen molar-refractivity contribution in [1.29, 1.82) is 0 Å². The summed E-state index contributed by atoms with van der Waals surface area (Å²) in [4.78, 5) is 20.7. The molecule has 0 heterocycles. The summed E-state index contributed by atoms with van der Waals surface area (Å²) in [6.07, 6.45) is -0.428. The molecule has 0 rings (SSSR count). The first kappa shape index (κ1) is 10.9. The van der Waals surface area contributed by atoms with Crippen LogP contribution < -0.4 is 0 Å². The number of carboxylic acid groups (broad SMARTS) is 1. The summed E-state index contributed by atoms with van der Waals surface area (Å²) in [6.45, 7) is 0.994.